The number of hydrogen-bond acceptors (Lipinski definition) is 6. The fourth-order valence-corrected chi connectivity index (χ4v) is 3.15. The molecule has 0 aromatic heterocycles. The molecule has 0 aliphatic carbocycles. The molecule has 0 aliphatic heterocycles. The van der Waals surface area contributed by atoms with E-state index in [-0.39, 0.29) is 25.8 Å². The highest BCUT2D eigenvalue weighted by Crippen LogP contribution is 2.19. The van der Waals surface area contributed by atoms with E-state index in [0.717, 1.165) is 31.1 Å². The van der Waals surface area contributed by atoms with Crippen molar-refractivity contribution >= 4 is 5.97 Å². The number of aliphatic hydroxyl groups excluding tert-OH is 3. The minimum atomic E-state index is -0.964. The van der Waals surface area contributed by atoms with Crippen LogP contribution in [-0.2, 0) is 14.3 Å². The van der Waals surface area contributed by atoms with Crippen molar-refractivity contribution < 1.29 is 29.6 Å². The average molecular weight is 431 g/mol. The van der Waals surface area contributed by atoms with Crippen molar-refractivity contribution in [3.05, 3.63) is 11.6 Å². The molecule has 3 N–H and O–H groups in total. The zero-order chi connectivity index (χ0) is 22.8. The summed E-state index contributed by atoms with van der Waals surface area (Å²) >= 11 is 0. The second-order valence-electron chi connectivity index (χ2n) is 8.98. The van der Waals surface area contributed by atoms with Gasteiger partial charge in [0.25, 0.3) is 0 Å². The Kier molecular flexibility index (Phi) is 18.2. The van der Waals surface area contributed by atoms with Crippen molar-refractivity contribution in [2.24, 2.45) is 11.8 Å². The van der Waals surface area contributed by atoms with E-state index in [1.165, 1.54) is 37.7 Å². The summed E-state index contributed by atoms with van der Waals surface area (Å²) in [7, 11) is 0. The molecule has 0 fully saturated rings. The van der Waals surface area contributed by atoms with Crippen LogP contribution in [0.15, 0.2) is 11.6 Å². The molecule has 3 atom stereocenters. The minimum absolute atomic E-state index is 0.0530. The molecule has 6 nitrogen and oxygen atoms in total. The third-order valence-electron chi connectivity index (χ3n) is 5.09. The van der Waals surface area contributed by atoms with Gasteiger partial charge in [0.1, 0.15) is 18.8 Å². The van der Waals surface area contributed by atoms with E-state index in [2.05, 4.69) is 33.8 Å². The molecule has 0 aromatic rings. The van der Waals surface area contributed by atoms with Gasteiger partial charge in [0.2, 0.25) is 0 Å². The molecule has 0 saturated heterocycles. The molecule has 0 amide bonds. The van der Waals surface area contributed by atoms with Gasteiger partial charge in [0.05, 0.1) is 19.8 Å². The number of rotatable bonds is 19. The molecule has 30 heavy (non-hydrogen) atoms. The van der Waals surface area contributed by atoms with Gasteiger partial charge in [0.15, 0.2) is 0 Å². The number of hydrogen-bond donors (Lipinski definition) is 3. The molecule has 0 aliphatic rings. The predicted molar refractivity (Wildman–Crippen MR) is 120 cm³/mol. The second-order valence-corrected chi connectivity index (χ2v) is 8.98. The fraction of sp³-hybridized carbons (Fsp3) is 0.875. The maximum Gasteiger partial charge on any atom is 0.305 e. The van der Waals surface area contributed by atoms with Gasteiger partial charge < -0.3 is 24.8 Å². The van der Waals surface area contributed by atoms with Crippen LogP contribution in [0.25, 0.3) is 0 Å². The number of aliphatic hydroxyl groups is 3. The van der Waals surface area contributed by atoms with E-state index in [1.807, 2.05) is 0 Å². The lowest BCUT2D eigenvalue weighted by Crippen LogP contribution is -2.27. The maximum atomic E-state index is 11.7. The standard InChI is InChI=1S/C24H46O6/c1-19(2)9-7-11-21(4)13-8-12-20(3)10-5-6-14-24(28)30-18-23(27)17-29-16-22(26)15-25/h10,19,21-23,25-27H,5-9,11-18H2,1-4H3/b20-10+. The van der Waals surface area contributed by atoms with Crippen molar-refractivity contribution in [3.63, 3.8) is 0 Å². The summed E-state index contributed by atoms with van der Waals surface area (Å²) in [5.74, 6) is 1.27. The predicted octanol–water partition coefficient (Wildman–Crippen LogP) is 4.01. The lowest BCUT2D eigenvalue weighted by Gasteiger charge is -2.13. The van der Waals surface area contributed by atoms with Crippen LogP contribution >= 0.6 is 0 Å². The Hall–Kier alpha value is -0.950. The van der Waals surface area contributed by atoms with E-state index in [4.69, 9.17) is 19.7 Å². The van der Waals surface area contributed by atoms with Gasteiger partial charge in [-0.1, -0.05) is 58.1 Å². The van der Waals surface area contributed by atoms with Crippen LogP contribution in [0.4, 0.5) is 0 Å². The number of ether oxygens (including phenoxy) is 2. The Morgan fingerprint density at radius 2 is 1.57 bits per heavy atom. The fourth-order valence-electron chi connectivity index (χ4n) is 3.15. The largest absolute Gasteiger partial charge is 0.463 e. The molecule has 0 rings (SSSR count). The highest BCUT2D eigenvalue weighted by Gasteiger charge is 2.10. The van der Waals surface area contributed by atoms with Crippen LogP contribution < -0.4 is 0 Å². The van der Waals surface area contributed by atoms with E-state index in [1.54, 1.807) is 0 Å². The number of esters is 1. The number of allylic oxidation sites excluding steroid dienone is 2. The lowest BCUT2D eigenvalue weighted by molar-refractivity contribution is -0.148. The summed E-state index contributed by atoms with van der Waals surface area (Å²) in [6.45, 7) is 8.44. The number of unbranched alkanes of at least 4 members (excludes halogenated alkanes) is 1. The number of carbonyl (C=O) groups excluding carboxylic acids is 1. The first kappa shape index (κ1) is 29.1. The molecule has 178 valence electrons. The normalized spacial score (nSPS) is 15.3. The first-order valence-electron chi connectivity index (χ1n) is 11.6. The summed E-state index contributed by atoms with van der Waals surface area (Å²) in [5, 5.41) is 27.4. The molecule has 0 aromatic carbocycles. The summed E-state index contributed by atoms with van der Waals surface area (Å²) < 4.78 is 10.1. The van der Waals surface area contributed by atoms with Gasteiger partial charge in [-0.25, -0.2) is 0 Å². The molecule has 0 heterocycles. The van der Waals surface area contributed by atoms with Crippen molar-refractivity contribution in [3.8, 4) is 0 Å². The average Bonchev–Trinajstić information content (AvgIpc) is 2.69. The third-order valence-corrected chi connectivity index (χ3v) is 5.09. The van der Waals surface area contributed by atoms with Crippen molar-refractivity contribution in [1.82, 2.24) is 0 Å². The topological polar surface area (TPSA) is 96.2 Å². The summed E-state index contributed by atoms with van der Waals surface area (Å²) in [5.41, 5.74) is 1.38. The zero-order valence-corrected chi connectivity index (χ0v) is 19.6. The quantitative estimate of drug-likeness (QED) is 0.163. The van der Waals surface area contributed by atoms with Gasteiger partial charge in [-0.2, -0.15) is 0 Å². The smallest absolute Gasteiger partial charge is 0.305 e. The molecule has 0 spiro atoms. The monoisotopic (exact) mass is 430 g/mol. The van der Waals surface area contributed by atoms with Crippen LogP contribution in [-0.4, -0.2) is 59.9 Å². The zero-order valence-electron chi connectivity index (χ0n) is 19.6. The van der Waals surface area contributed by atoms with E-state index in [0.29, 0.717) is 6.42 Å². The first-order valence-corrected chi connectivity index (χ1v) is 11.6. The second kappa shape index (κ2) is 18.8. The molecule has 0 saturated carbocycles. The molecular formula is C24H46O6. The Morgan fingerprint density at radius 1 is 0.900 bits per heavy atom. The van der Waals surface area contributed by atoms with Crippen LogP contribution in [0.2, 0.25) is 0 Å². The van der Waals surface area contributed by atoms with E-state index in [9.17, 15) is 9.90 Å². The van der Waals surface area contributed by atoms with Gasteiger partial charge in [0, 0.05) is 6.42 Å². The molecule has 3 unspecified atom stereocenters. The van der Waals surface area contributed by atoms with Crippen LogP contribution in [0, 0.1) is 11.8 Å². The highest BCUT2D eigenvalue weighted by molar-refractivity contribution is 5.69. The third kappa shape index (κ3) is 19.0. The Bertz CT molecular complexity index is 449. The number of carbonyl (C=O) groups is 1. The molecule has 6 heteroatoms. The first-order chi connectivity index (χ1) is 14.2. The van der Waals surface area contributed by atoms with Gasteiger partial charge in [-0.05, 0) is 44.4 Å². The van der Waals surface area contributed by atoms with Crippen molar-refractivity contribution in [1.29, 1.82) is 0 Å². The maximum absolute atomic E-state index is 11.7. The van der Waals surface area contributed by atoms with Gasteiger partial charge in [-0.3, -0.25) is 4.79 Å². The van der Waals surface area contributed by atoms with Crippen LogP contribution in [0.1, 0.15) is 85.5 Å². The molecular weight excluding hydrogens is 384 g/mol. The lowest BCUT2D eigenvalue weighted by atomic mass is 9.94. The Morgan fingerprint density at radius 3 is 2.23 bits per heavy atom. The highest BCUT2D eigenvalue weighted by atomic mass is 16.5. The van der Waals surface area contributed by atoms with Crippen molar-refractivity contribution in [2.75, 3.05) is 26.4 Å². The van der Waals surface area contributed by atoms with E-state index >= 15 is 0 Å². The molecule has 0 bridgehead atoms. The van der Waals surface area contributed by atoms with Gasteiger partial charge >= 0.3 is 5.97 Å². The SMILES string of the molecule is C/C(=C\CCCC(=O)OCC(O)COCC(O)CO)CCCC(C)CCCC(C)C. The molecule has 0 radical (unpaired) electrons. The van der Waals surface area contributed by atoms with Gasteiger partial charge in [-0.15, -0.1) is 0 Å². The summed E-state index contributed by atoms with van der Waals surface area (Å²) in [6, 6.07) is 0. The van der Waals surface area contributed by atoms with Crippen molar-refractivity contribution in [2.45, 2.75) is 97.7 Å². The minimum Gasteiger partial charge on any atom is -0.463 e. The Labute approximate surface area is 183 Å². The summed E-state index contributed by atoms with van der Waals surface area (Å²) in [6.07, 6.45) is 9.84. The van der Waals surface area contributed by atoms with Crippen LogP contribution in [0.5, 0.6) is 0 Å². The Balaban J connectivity index is 3.71. The van der Waals surface area contributed by atoms with E-state index < -0.39 is 18.8 Å². The van der Waals surface area contributed by atoms with Crippen LogP contribution in [0.3, 0.4) is 0 Å². The summed E-state index contributed by atoms with van der Waals surface area (Å²) in [4.78, 5) is 11.7.